The first-order chi connectivity index (χ1) is 10.9. The average Bonchev–Trinajstić information content (AvgIpc) is 2.81. The van der Waals surface area contributed by atoms with E-state index in [1.54, 1.807) is 0 Å². The van der Waals surface area contributed by atoms with Crippen LogP contribution in [-0.4, -0.2) is 4.57 Å². The number of fused-ring (bicyclic) bond motifs is 1. The van der Waals surface area contributed by atoms with Gasteiger partial charge in [-0.15, -0.1) is 0 Å². The topological polar surface area (TPSA) is 14.2 Å². The van der Waals surface area contributed by atoms with Gasteiger partial charge in [0.25, 0.3) is 0 Å². The molecule has 5 heteroatoms. The van der Waals surface area contributed by atoms with Gasteiger partial charge in [0, 0.05) is 12.6 Å². The second-order valence-corrected chi connectivity index (χ2v) is 5.54. The van der Waals surface area contributed by atoms with E-state index in [2.05, 4.69) is 0 Å². The number of rotatable bonds is 3. The molecule has 3 aromatic rings. The number of hydrogen-bond acceptors (Lipinski definition) is 1. The van der Waals surface area contributed by atoms with Crippen molar-refractivity contribution in [3.8, 4) is 5.75 Å². The molecule has 0 bridgehead atoms. The Morgan fingerprint density at radius 1 is 1.04 bits per heavy atom. The van der Waals surface area contributed by atoms with Crippen LogP contribution in [0.4, 0.5) is 13.2 Å². The maximum absolute atomic E-state index is 13.0. The summed E-state index contributed by atoms with van der Waals surface area (Å²) in [6.07, 6.45) is -4.42. The van der Waals surface area contributed by atoms with Crippen molar-refractivity contribution in [2.45, 2.75) is 19.7 Å². The summed E-state index contributed by atoms with van der Waals surface area (Å²) in [6, 6.07) is 13.2. The smallest absolute Gasteiger partial charge is 0.419 e. The maximum Gasteiger partial charge on any atom is 0.419 e. The first-order valence-electron chi connectivity index (χ1n) is 7.20. The van der Waals surface area contributed by atoms with E-state index in [0.29, 0.717) is 0 Å². The molecule has 0 atom stereocenters. The molecule has 0 aliphatic heterocycles. The average molecular weight is 319 g/mol. The van der Waals surface area contributed by atoms with Crippen molar-refractivity contribution < 1.29 is 17.9 Å². The van der Waals surface area contributed by atoms with Crippen molar-refractivity contribution in [3.05, 3.63) is 65.4 Å². The van der Waals surface area contributed by atoms with E-state index < -0.39 is 11.7 Å². The Hall–Kier alpha value is -2.43. The summed E-state index contributed by atoms with van der Waals surface area (Å²) in [5.74, 6) is -0.151. The number of para-hydroxylation sites is 1. The van der Waals surface area contributed by atoms with Crippen LogP contribution in [0.15, 0.2) is 48.5 Å². The Kier molecular flexibility index (Phi) is 3.80. The van der Waals surface area contributed by atoms with E-state index in [1.165, 1.54) is 18.2 Å². The molecule has 1 aromatic heterocycles. The highest BCUT2D eigenvalue weighted by Crippen LogP contribution is 2.36. The number of nitrogens with zero attached hydrogens (tertiary/aromatic N) is 1. The SMILES string of the molecule is Cc1ccc2cc(COc3ccccc3C(F)(F)F)n(C)c2c1. The third kappa shape index (κ3) is 3.04. The number of hydrogen-bond donors (Lipinski definition) is 0. The van der Waals surface area contributed by atoms with Crippen LogP contribution in [0.25, 0.3) is 10.9 Å². The molecule has 120 valence electrons. The Balaban J connectivity index is 1.89. The summed E-state index contributed by atoms with van der Waals surface area (Å²) in [4.78, 5) is 0. The number of ether oxygens (including phenoxy) is 1. The second kappa shape index (κ2) is 5.65. The van der Waals surface area contributed by atoms with Gasteiger partial charge in [0.2, 0.25) is 0 Å². The molecule has 0 N–H and O–H groups in total. The van der Waals surface area contributed by atoms with Crippen LogP contribution in [0.1, 0.15) is 16.8 Å². The van der Waals surface area contributed by atoms with Gasteiger partial charge < -0.3 is 9.30 Å². The minimum Gasteiger partial charge on any atom is -0.487 e. The predicted octanol–water partition coefficient (Wildman–Crippen LogP) is 5.08. The van der Waals surface area contributed by atoms with Gasteiger partial charge in [0.1, 0.15) is 12.4 Å². The van der Waals surface area contributed by atoms with Gasteiger partial charge in [-0.05, 0) is 42.1 Å². The van der Waals surface area contributed by atoms with Crippen LogP contribution in [0, 0.1) is 6.92 Å². The van der Waals surface area contributed by atoms with Crippen molar-refractivity contribution in [1.82, 2.24) is 4.57 Å². The van der Waals surface area contributed by atoms with E-state index in [0.717, 1.165) is 28.2 Å². The summed E-state index contributed by atoms with van der Waals surface area (Å²) in [6.45, 7) is 2.08. The number of aromatic nitrogens is 1. The molecule has 2 nitrogen and oxygen atoms in total. The van der Waals surface area contributed by atoms with Crippen LogP contribution in [0.5, 0.6) is 5.75 Å². The largest absolute Gasteiger partial charge is 0.487 e. The number of alkyl halides is 3. The minimum absolute atomic E-state index is 0.0807. The Morgan fingerprint density at radius 3 is 2.52 bits per heavy atom. The normalized spacial score (nSPS) is 11.9. The van der Waals surface area contributed by atoms with Crippen molar-refractivity contribution in [3.63, 3.8) is 0 Å². The lowest BCUT2D eigenvalue weighted by atomic mass is 10.2. The third-order valence-electron chi connectivity index (χ3n) is 3.87. The van der Waals surface area contributed by atoms with E-state index in [1.807, 2.05) is 42.8 Å². The molecule has 23 heavy (non-hydrogen) atoms. The van der Waals surface area contributed by atoms with Gasteiger partial charge in [-0.1, -0.05) is 24.3 Å². The second-order valence-electron chi connectivity index (χ2n) is 5.54. The zero-order chi connectivity index (χ0) is 16.6. The first-order valence-corrected chi connectivity index (χ1v) is 7.20. The highest BCUT2D eigenvalue weighted by molar-refractivity contribution is 5.81. The number of benzene rings is 2. The molecule has 0 fully saturated rings. The summed E-state index contributed by atoms with van der Waals surface area (Å²) in [5, 5.41) is 1.04. The van der Waals surface area contributed by atoms with Gasteiger partial charge in [-0.25, -0.2) is 0 Å². The van der Waals surface area contributed by atoms with Gasteiger partial charge in [0.05, 0.1) is 11.3 Å². The molecule has 3 rings (SSSR count). The number of halogens is 3. The van der Waals surface area contributed by atoms with E-state index in [-0.39, 0.29) is 12.4 Å². The predicted molar refractivity (Wildman–Crippen MR) is 83.4 cm³/mol. The zero-order valence-electron chi connectivity index (χ0n) is 12.8. The lowest BCUT2D eigenvalue weighted by Gasteiger charge is -2.14. The molecule has 0 radical (unpaired) electrons. The van der Waals surface area contributed by atoms with Crippen LogP contribution < -0.4 is 4.74 Å². The fraction of sp³-hybridized carbons (Fsp3) is 0.222. The molecule has 0 saturated carbocycles. The molecule has 0 aliphatic rings. The quantitative estimate of drug-likeness (QED) is 0.656. The standard InChI is InChI=1S/C18H16F3NO/c1-12-7-8-13-10-14(22(2)16(13)9-12)11-23-17-6-4-3-5-15(17)18(19,20)21/h3-10H,11H2,1-2H3. The van der Waals surface area contributed by atoms with Crippen molar-refractivity contribution >= 4 is 10.9 Å². The molecular formula is C18H16F3NO. The summed E-state index contributed by atoms with van der Waals surface area (Å²) in [5.41, 5.74) is 2.23. The van der Waals surface area contributed by atoms with Crippen molar-refractivity contribution in [2.75, 3.05) is 0 Å². The lowest BCUT2D eigenvalue weighted by Crippen LogP contribution is -2.09. The summed E-state index contributed by atoms with van der Waals surface area (Å²) < 4.78 is 46.3. The van der Waals surface area contributed by atoms with E-state index >= 15 is 0 Å². The Bertz CT molecular complexity index is 849. The Morgan fingerprint density at radius 2 is 1.78 bits per heavy atom. The molecule has 1 heterocycles. The zero-order valence-corrected chi connectivity index (χ0v) is 12.8. The first kappa shape index (κ1) is 15.5. The van der Waals surface area contributed by atoms with Crippen molar-refractivity contribution in [2.24, 2.45) is 7.05 Å². The summed E-state index contributed by atoms with van der Waals surface area (Å²) in [7, 11) is 1.89. The fourth-order valence-corrected chi connectivity index (χ4v) is 2.61. The molecule has 0 amide bonds. The van der Waals surface area contributed by atoms with Gasteiger partial charge in [0.15, 0.2) is 0 Å². The molecular weight excluding hydrogens is 303 g/mol. The van der Waals surface area contributed by atoms with Crippen LogP contribution >= 0.6 is 0 Å². The minimum atomic E-state index is -4.42. The highest BCUT2D eigenvalue weighted by Gasteiger charge is 2.34. The van der Waals surface area contributed by atoms with Gasteiger partial charge in [-0.3, -0.25) is 0 Å². The molecule has 0 saturated heterocycles. The van der Waals surface area contributed by atoms with Crippen LogP contribution in [-0.2, 0) is 19.8 Å². The number of aryl methyl sites for hydroxylation is 2. The lowest BCUT2D eigenvalue weighted by molar-refractivity contribution is -0.139. The maximum atomic E-state index is 13.0. The fourth-order valence-electron chi connectivity index (χ4n) is 2.61. The Labute approximate surface area is 132 Å². The highest BCUT2D eigenvalue weighted by atomic mass is 19.4. The molecule has 0 aliphatic carbocycles. The van der Waals surface area contributed by atoms with Gasteiger partial charge >= 0.3 is 6.18 Å². The monoisotopic (exact) mass is 319 g/mol. The molecule has 0 spiro atoms. The third-order valence-corrected chi connectivity index (χ3v) is 3.87. The molecule has 2 aromatic carbocycles. The van der Waals surface area contributed by atoms with Crippen molar-refractivity contribution in [1.29, 1.82) is 0 Å². The molecule has 0 unspecified atom stereocenters. The van der Waals surface area contributed by atoms with E-state index in [4.69, 9.17) is 4.74 Å². The van der Waals surface area contributed by atoms with Gasteiger partial charge in [-0.2, -0.15) is 13.2 Å². The summed E-state index contributed by atoms with van der Waals surface area (Å²) >= 11 is 0. The van der Waals surface area contributed by atoms with Crippen LogP contribution in [0.2, 0.25) is 0 Å². The van der Waals surface area contributed by atoms with Crippen LogP contribution in [0.3, 0.4) is 0 Å². The van der Waals surface area contributed by atoms with E-state index in [9.17, 15) is 13.2 Å².